The van der Waals surface area contributed by atoms with Crippen LogP contribution >= 0.6 is 11.6 Å². The predicted molar refractivity (Wildman–Crippen MR) is 156 cm³/mol. The number of fused-ring (bicyclic) bond motifs is 1. The minimum Gasteiger partial charge on any atom is -0.355 e. The van der Waals surface area contributed by atoms with Gasteiger partial charge in [0.1, 0.15) is 5.82 Å². The van der Waals surface area contributed by atoms with Crippen molar-refractivity contribution in [2.75, 3.05) is 29.9 Å². The van der Waals surface area contributed by atoms with Crippen molar-refractivity contribution in [1.82, 2.24) is 19.5 Å². The van der Waals surface area contributed by atoms with Crippen molar-refractivity contribution in [1.29, 1.82) is 0 Å². The van der Waals surface area contributed by atoms with Gasteiger partial charge in [-0.15, -0.1) is 0 Å². The highest BCUT2D eigenvalue weighted by molar-refractivity contribution is 6.31. The van der Waals surface area contributed by atoms with E-state index in [1.807, 2.05) is 30.2 Å². The van der Waals surface area contributed by atoms with Gasteiger partial charge >= 0.3 is 0 Å². The Morgan fingerprint density at radius 3 is 2.65 bits per heavy atom. The average Bonchev–Trinajstić information content (AvgIpc) is 3.59. The highest BCUT2D eigenvalue weighted by atomic mass is 35.5. The van der Waals surface area contributed by atoms with E-state index in [9.17, 15) is 9.59 Å². The maximum atomic E-state index is 14.0. The van der Waals surface area contributed by atoms with Gasteiger partial charge in [0.15, 0.2) is 5.65 Å². The second-order valence-corrected chi connectivity index (χ2v) is 11.1. The van der Waals surface area contributed by atoms with E-state index in [0.29, 0.717) is 28.4 Å². The number of anilines is 2. The van der Waals surface area contributed by atoms with Crippen LogP contribution in [0.15, 0.2) is 60.8 Å². The van der Waals surface area contributed by atoms with Crippen molar-refractivity contribution in [3.05, 3.63) is 88.2 Å². The number of hydrogen-bond acceptors (Lipinski definition) is 6. The molecule has 0 saturated carbocycles. The molecular weight excluding hydrogens is 526 g/mol. The summed E-state index contributed by atoms with van der Waals surface area (Å²) in [5.74, 6) is 0.452. The van der Waals surface area contributed by atoms with Crippen LogP contribution in [0.5, 0.6) is 0 Å². The number of likely N-dealkylation sites (tertiary alicyclic amines) is 1. The molecule has 40 heavy (non-hydrogen) atoms. The number of amides is 2. The molecule has 9 nitrogen and oxygen atoms in total. The summed E-state index contributed by atoms with van der Waals surface area (Å²) in [4.78, 5) is 36.0. The van der Waals surface area contributed by atoms with Crippen LogP contribution in [0.1, 0.15) is 63.7 Å². The minimum atomic E-state index is -0.288. The van der Waals surface area contributed by atoms with E-state index >= 15 is 0 Å². The topological polar surface area (TPSA) is 109 Å². The third-order valence-electron chi connectivity index (χ3n) is 7.75. The molecule has 2 aliphatic heterocycles. The fourth-order valence-electron chi connectivity index (χ4n) is 5.71. The van der Waals surface area contributed by atoms with Crippen molar-refractivity contribution in [2.24, 2.45) is 5.73 Å². The fourth-order valence-corrected chi connectivity index (χ4v) is 5.88. The molecule has 2 saturated heterocycles. The molecule has 0 spiro atoms. The third kappa shape index (κ3) is 5.14. The van der Waals surface area contributed by atoms with Gasteiger partial charge in [-0.3, -0.25) is 9.59 Å². The highest BCUT2D eigenvalue weighted by Gasteiger charge is 2.32. The number of carbonyl (C=O) groups excluding carboxylic acids is 2. The summed E-state index contributed by atoms with van der Waals surface area (Å²) in [6, 6.07) is 15.8. The minimum absolute atomic E-state index is 0.161. The van der Waals surface area contributed by atoms with Crippen LogP contribution in [-0.2, 0) is 0 Å². The van der Waals surface area contributed by atoms with E-state index in [2.05, 4.69) is 10.2 Å². The zero-order valence-electron chi connectivity index (χ0n) is 22.4. The van der Waals surface area contributed by atoms with Gasteiger partial charge in [0, 0.05) is 54.1 Å². The Hall–Kier alpha value is -3.95. The number of nitrogens with two attached hydrogens (primary N) is 1. The average molecular weight is 558 g/mol. The van der Waals surface area contributed by atoms with E-state index in [0.717, 1.165) is 61.5 Å². The maximum absolute atomic E-state index is 14.0. The first-order valence-corrected chi connectivity index (χ1v) is 14.1. The second kappa shape index (κ2) is 10.9. The summed E-state index contributed by atoms with van der Waals surface area (Å²) in [6.45, 7) is 4.30. The van der Waals surface area contributed by atoms with Crippen LogP contribution in [0.3, 0.4) is 0 Å². The van der Waals surface area contributed by atoms with Crippen molar-refractivity contribution in [2.45, 2.75) is 44.7 Å². The summed E-state index contributed by atoms with van der Waals surface area (Å²) in [5.41, 5.74) is 10.0. The van der Waals surface area contributed by atoms with Gasteiger partial charge in [-0.05, 0) is 62.9 Å². The SMILES string of the molecule is Cc1cn2nc([C@@H]3CCCCN3C(=O)c3cc(Cl)ccc3NC(=O)c3ccccc3)cc2nc1N1CC[C@H](N)C1. The largest absolute Gasteiger partial charge is 0.355 e. The van der Waals surface area contributed by atoms with Gasteiger partial charge in [0.25, 0.3) is 11.8 Å². The number of halogens is 1. The van der Waals surface area contributed by atoms with Gasteiger partial charge in [-0.25, -0.2) is 9.50 Å². The molecule has 206 valence electrons. The lowest BCUT2D eigenvalue weighted by molar-refractivity contribution is 0.0607. The van der Waals surface area contributed by atoms with E-state index < -0.39 is 0 Å². The lowest BCUT2D eigenvalue weighted by Crippen LogP contribution is -2.39. The molecule has 2 fully saturated rings. The number of carbonyl (C=O) groups is 2. The summed E-state index contributed by atoms with van der Waals surface area (Å²) in [6.07, 6.45) is 5.60. The lowest BCUT2D eigenvalue weighted by Gasteiger charge is -2.35. The van der Waals surface area contributed by atoms with Crippen LogP contribution in [0.25, 0.3) is 5.65 Å². The van der Waals surface area contributed by atoms with Crippen LogP contribution < -0.4 is 16.0 Å². The predicted octanol–water partition coefficient (Wildman–Crippen LogP) is 4.85. The molecule has 2 aromatic heterocycles. The second-order valence-electron chi connectivity index (χ2n) is 10.6. The van der Waals surface area contributed by atoms with Gasteiger partial charge in [0.05, 0.1) is 23.0 Å². The quantitative estimate of drug-likeness (QED) is 0.363. The molecule has 0 bridgehead atoms. The zero-order valence-corrected chi connectivity index (χ0v) is 23.1. The number of rotatable bonds is 5. The van der Waals surface area contributed by atoms with Crippen molar-refractivity contribution >= 4 is 40.6 Å². The number of nitrogens with one attached hydrogen (secondary N) is 1. The van der Waals surface area contributed by atoms with Crippen LogP contribution in [0, 0.1) is 6.92 Å². The number of hydrogen-bond donors (Lipinski definition) is 2. The number of benzene rings is 2. The molecule has 2 amide bonds. The normalized spacial score (nSPS) is 19.3. The smallest absolute Gasteiger partial charge is 0.256 e. The maximum Gasteiger partial charge on any atom is 0.256 e. The zero-order chi connectivity index (χ0) is 27.8. The Bertz CT molecular complexity index is 1570. The third-order valence-corrected chi connectivity index (χ3v) is 7.98. The molecule has 3 N–H and O–H groups in total. The van der Waals surface area contributed by atoms with E-state index in [-0.39, 0.29) is 23.9 Å². The van der Waals surface area contributed by atoms with Crippen LogP contribution in [-0.4, -0.2) is 57.0 Å². The first kappa shape index (κ1) is 26.3. The Kier molecular flexibility index (Phi) is 7.16. The number of aryl methyl sites for hydroxylation is 1. The van der Waals surface area contributed by atoms with Crippen molar-refractivity contribution < 1.29 is 9.59 Å². The van der Waals surface area contributed by atoms with E-state index in [1.165, 1.54) is 0 Å². The van der Waals surface area contributed by atoms with Gasteiger partial charge in [-0.1, -0.05) is 29.8 Å². The first-order chi connectivity index (χ1) is 19.4. The molecule has 10 heteroatoms. The molecule has 2 aromatic carbocycles. The van der Waals surface area contributed by atoms with Gasteiger partial charge in [-0.2, -0.15) is 5.10 Å². The number of piperidine rings is 1. The summed E-state index contributed by atoms with van der Waals surface area (Å²) in [7, 11) is 0. The van der Waals surface area contributed by atoms with Gasteiger partial charge < -0.3 is 20.9 Å². The van der Waals surface area contributed by atoms with E-state index in [4.69, 9.17) is 27.4 Å². The van der Waals surface area contributed by atoms with Crippen molar-refractivity contribution in [3.63, 3.8) is 0 Å². The molecule has 4 heterocycles. The molecule has 6 rings (SSSR count). The monoisotopic (exact) mass is 557 g/mol. The van der Waals surface area contributed by atoms with Crippen LogP contribution in [0.2, 0.25) is 5.02 Å². The molecule has 0 unspecified atom stereocenters. The fraction of sp³-hybridized carbons (Fsp3) is 0.333. The Labute approximate surface area is 237 Å². The van der Waals surface area contributed by atoms with Crippen LogP contribution in [0.4, 0.5) is 11.5 Å². The summed E-state index contributed by atoms with van der Waals surface area (Å²) >= 11 is 6.33. The Morgan fingerprint density at radius 1 is 1.05 bits per heavy atom. The molecule has 2 atom stereocenters. The number of nitrogens with zero attached hydrogens (tertiary/aromatic N) is 5. The molecule has 0 aliphatic carbocycles. The molecule has 0 radical (unpaired) electrons. The summed E-state index contributed by atoms with van der Waals surface area (Å²) in [5, 5.41) is 8.19. The summed E-state index contributed by atoms with van der Waals surface area (Å²) < 4.78 is 1.80. The Morgan fingerprint density at radius 2 is 1.88 bits per heavy atom. The number of aromatic nitrogens is 3. The first-order valence-electron chi connectivity index (χ1n) is 13.7. The molecular formula is C30H32ClN7O2. The van der Waals surface area contributed by atoms with E-state index in [1.54, 1.807) is 47.0 Å². The standard InChI is InChI=1S/C30H32ClN7O2/c1-19-17-38-27(34-28(19)36-14-12-22(32)18-36)16-25(35-38)26-9-5-6-13-37(26)30(40)23-15-21(31)10-11-24(23)33-29(39)20-7-3-2-4-8-20/h2-4,7-8,10-11,15-17,22,26H,5-6,9,12-14,18,32H2,1H3,(H,33,39)/t22-,26-/m0/s1. The van der Waals surface area contributed by atoms with Crippen molar-refractivity contribution in [3.8, 4) is 0 Å². The molecule has 2 aliphatic rings. The molecule has 4 aromatic rings. The highest BCUT2D eigenvalue weighted by Crippen LogP contribution is 2.34. The lowest BCUT2D eigenvalue weighted by atomic mass is 9.97. The van der Waals surface area contributed by atoms with Gasteiger partial charge in [0.2, 0.25) is 0 Å². The Balaban J connectivity index is 1.30.